The van der Waals surface area contributed by atoms with Crippen molar-refractivity contribution in [2.45, 2.75) is 6.92 Å². The zero-order valence-electron chi connectivity index (χ0n) is 12.0. The minimum absolute atomic E-state index is 0.0332. The summed E-state index contributed by atoms with van der Waals surface area (Å²) in [7, 11) is 0. The highest BCUT2D eigenvalue weighted by atomic mass is 35.5. The number of rotatable bonds is 4. The molecule has 0 aromatic heterocycles. The minimum Gasteiger partial charge on any atom is -0.508 e. The number of phenols is 1. The van der Waals surface area contributed by atoms with Gasteiger partial charge in [-0.3, -0.25) is 14.9 Å². The van der Waals surface area contributed by atoms with Crippen LogP contribution in [0.2, 0.25) is 5.02 Å². The van der Waals surface area contributed by atoms with E-state index in [9.17, 15) is 20.0 Å². The van der Waals surface area contributed by atoms with Crippen molar-refractivity contribution in [2.24, 2.45) is 5.10 Å². The van der Waals surface area contributed by atoms with Gasteiger partial charge in [-0.25, -0.2) is 5.43 Å². The van der Waals surface area contributed by atoms with Gasteiger partial charge in [0.1, 0.15) is 5.75 Å². The average molecular weight is 334 g/mol. The summed E-state index contributed by atoms with van der Waals surface area (Å²) in [5, 5.41) is 23.8. The van der Waals surface area contributed by atoms with Crippen molar-refractivity contribution in [3.63, 3.8) is 0 Å². The Labute approximate surface area is 136 Å². The summed E-state index contributed by atoms with van der Waals surface area (Å²) < 4.78 is 0. The number of nitro groups is 1. The van der Waals surface area contributed by atoms with Crippen molar-refractivity contribution >= 4 is 28.9 Å². The topological polar surface area (TPSA) is 105 Å². The van der Waals surface area contributed by atoms with Gasteiger partial charge in [-0.1, -0.05) is 11.6 Å². The molecule has 0 aliphatic rings. The molecule has 0 aliphatic heterocycles. The van der Waals surface area contributed by atoms with Crippen LogP contribution in [-0.2, 0) is 0 Å². The molecule has 23 heavy (non-hydrogen) atoms. The molecule has 0 spiro atoms. The Morgan fingerprint density at radius 3 is 2.48 bits per heavy atom. The van der Waals surface area contributed by atoms with Crippen LogP contribution in [0.1, 0.15) is 22.8 Å². The maximum Gasteiger partial charge on any atom is 0.272 e. The fraction of sp³-hybridized carbons (Fsp3) is 0.0667. The Balaban J connectivity index is 2.14. The van der Waals surface area contributed by atoms with E-state index < -0.39 is 10.8 Å². The highest BCUT2D eigenvalue weighted by Gasteiger charge is 2.14. The van der Waals surface area contributed by atoms with Gasteiger partial charge in [0.05, 0.1) is 21.2 Å². The van der Waals surface area contributed by atoms with E-state index in [1.807, 2.05) is 0 Å². The standard InChI is InChI=1S/C15H12ClN3O4/c1-9(10-2-5-12(20)6-3-10)17-18-15(21)13-7-4-11(19(22)23)8-14(13)16/h2-8,20H,1H3,(H,18,21)/b17-9+. The summed E-state index contributed by atoms with van der Waals surface area (Å²) in [5.74, 6) is -0.453. The van der Waals surface area contributed by atoms with Crippen molar-refractivity contribution in [3.05, 3.63) is 68.7 Å². The van der Waals surface area contributed by atoms with Gasteiger partial charge in [0.2, 0.25) is 0 Å². The Bertz CT molecular complexity index is 788. The quantitative estimate of drug-likeness (QED) is 0.509. The number of aromatic hydroxyl groups is 1. The molecule has 0 radical (unpaired) electrons. The van der Waals surface area contributed by atoms with Crippen molar-refractivity contribution in [1.29, 1.82) is 0 Å². The number of hydrogen-bond acceptors (Lipinski definition) is 5. The maximum atomic E-state index is 12.0. The fourth-order valence-electron chi connectivity index (χ4n) is 1.76. The molecular weight excluding hydrogens is 322 g/mol. The number of hydrazone groups is 1. The lowest BCUT2D eigenvalue weighted by atomic mass is 10.1. The molecule has 2 aromatic rings. The van der Waals surface area contributed by atoms with E-state index in [1.165, 1.54) is 24.3 Å². The summed E-state index contributed by atoms with van der Waals surface area (Å²) in [5.41, 5.74) is 3.46. The largest absolute Gasteiger partial charge is 0.508 e. The smallest absolute Gasteiger partial charge is 0.272 e. The van der Waals surface area contributed by atoms with Crippen LogP contribution in [0, 0.1) is 10.1 Å². The molecule has 2 aromatic carbocycles. The number of hydrogen-bond donors (Lipinski definition) is 2. The van der Waals surface area contributed by atoms with Gasteiger partial charge in [-0.2, -0.15) is 5.10 Å². The van der Waals surface area contributed by atoms with Crippen LogP contribution >= 0.6 is 11.6 Å². The van der Waals surface area contributed by atoms with Crippen molar-refractivity contribution in [1.82, 2.24) is 5.43 Å². The molecular formula is C15H12ClN3O4. The van der Waals surface area contributed by atoms with Gasteiger partial charge >= 0.3 is 0 Å². The first-order chi connectivity index (χ1) is 10.9. The zero-order valence-corrected chi connectivity index (χ0v) is 12.7. The summed E-state index contributed by atoms with van der Waals surface area (Å²) in [6.07, 6.45) is 0. The number of non-ortho nitro benzene ring substituents is 1. The predicted octanol–water partition coefficient (Wildman–Crippen LogP) is 3.11. The number of phenolic OH excluding ortho intramolecular Hbond substituents is 1. The van der Waals surface area contributed by atoms with E-state index in [0.29, 0.717) is 5.71 Å². The number of amides is 1. The summed E-state index contributed by atoms with van der Waals surface area (Å²) in [6, 6.07) is 9.87. The van der Waals surface area contributed by atoms with Crippen molar-refractivity contribution in [2.75, 3.05) is 0 Å². The number of carbonyl (C=O) groups excluding carboxylic acids is 1. The van der Waals surface area contributed by atoms with E-state index in [4.69, 9.17) is 11.6 Å². The number of nitrogens with one attached hydrogen (secondary N) is 1. The Morgan fingerprint density at radius 1 is 1.26 bits per heavy atom. The molecule has 0 aliphatic carbocycles. The maximum absolute atomic E-state index is 12.0. The van der Waals surface area contributed by atoms with E-state index in [2.05, 4.69) is 10.5 Å². The SMILES string of the molecule is C/C(=N\NC(=O)c1ccc([N+](=O)[O-])cc1Cl)c1ccc(O)cc1. The molecule has 2 rings (SSSR count). The second-order valence-electron chi connectivity index (χ2n) is 4.61. The first-order valence-corrected chi connectivity index (χ1v) is 6.84. The number of nitro benzene ring substituents is 1. The highest BCUT2D eigenvalue weighted by molar-refractivity contribution is 6.34. The number of nitrogens with zero attached hydrogens (tertiary/aromatic N) is 2. The van der Waals surface area contributed by atoms with E-state index in [1.54, 1.807) is 19.1 Å². The third kappa shape index (κ3) is 4.04. The Hall–Kier alpha value is -2.93. The fourth-order valence-corrected chi connectivity index (χ4v) is 2.02. The molecule has 0 bridgehead atoms. The second kappa shape index (κ2) is 6.89. The van der Waals surface area contributed by atoms with Gasteiger partial charge in [-0.05, 0) is 42.8 Å². The van der Waals surface area contributed by atoms with Crippen LogP contribution in [0.3, 0.4) is 0 Å². The lowest BCUT2D eigenvalue weighted by molar-refractivity contribution is -0.384. The summed E-state index contributed by atoms with van der Waals surface area (Å²) in [6.45, 7) is 1.68. The van der Waals surface area contributed by atoms with Crippen LogP contribution in [0.5, 0.6) is 5.75 Å². The number of benzene rings is 2. The van der Waals surface area contributed by atoms with Gasteiger partial charge in [0, 0.05) is 12.1 Å². The monoisotopic (exact) mass is 333 g/mol. The van der Waals surface area contributed by atoms with E-state index >= 15 is 0 Å². The Kier molecular flexibility index (Phi) is 4.92. The van der Waals surface area contributed by atoms with Crippen molar-refractivity contribution < 1.29 is 14.8 Å². The normalized spacial score (nSPS) is 11.1. The molecule has 8 heteroatoms. The lowest BCUT2D eigenvalue weighted by Gasteiger charge is -2.05. The van der Waals surface area contributed by atoms with Gasteiger partial charge < -0.3 is 5.11 Å². The molecule has 0 saturated carbocycles. The summed E-state index contributed by atoms with van der Waals surface area (Å²) >= 11 is 5.88. The molecule has 0 unspecified atom stereocenters. The number of halogens is 1. The predicted molar refractivity (Wildman–Crippen MR) is 85.9 cm³/mol. The van der Waals surface area contributed by atoms with Crippen LogP contribution in [0.4, 0.5) is 5.69 Å². The lowest BCUT2D eigenvalue weighted by Crippen LogP contribution is -2.19. The molecule has 118 valence electrons. The third-order valence-electron chi connectivity index (χ3n) is 3.02. The second-order valence-corrected chi connectivity index (χ2v) is 5.01. The van der Waals surface area contributed by atoms with Crippen LogP contribution in [0.15, 0.2) is 47.6 Å². The average Bonchev–Trinajstić information content (AvgIpc) is 2.52. The van der Waals surface area contributed by atoms with Crippen LogP contribution in [-0.4, -0.2) is 21.6 Å². The molecule has 2 N–H and O–H groups in total. The zero-order chi connectivity index (χ0) is 17.0. The minimum atomic E-state index is -0.597. The first-order valence-electron chi connectivity index (χ1n) is 6.46. The molecule has 0 heterocycles. The van der Waals surface area contributed by atoms with Crippen LogP contribution in [0.25, 0.3) is 0 Å². The molecule has 1 amide bonds. The van der Waals surface area contributed by atoms with Gasteiger partial charge in [0.15, 0.2) is 0 Å². The molecule has 0 saturated heterocycles. The van der Waals surface area contributed by atoms with Crippen molar-refractivity contribution in [3.8, 4) is 5.75 Å². The third-order valence-corrected chi connectivity index (χ3v) is 3.33. The molecule has 0 atom stereocenters. The van der Waals surface area contributed by atoms with E-state index in [-0.39, 0.29) is 22.0 Å². The van der Waals surface area contributed by atoms with Crippen LogP contribution < -0.4 is 5.43 Å². The molecule has 7 nitrogen and oxygen atoms in total. The highest BCUT2D eigenvalue weighted by Crippen LogP contribution is 2.22. The first kappa shape index (κ1) is 16.4. The molecule has 0 fully saturated rings. The Morgan fingerprint density at radius 2 is 1.91 bits per heavy atom. The van der Waals surface area contributed by atoms with E-state index in [0.717, 1.165) is 11.6 Å². The van der Waals surface area contributed by atoms with Gasteiger partial charge in [0.25, 0.3) is 11.6 Å². The number of carbonyl (C=O) groups is 1. The van der Waals surface area contributed by atoms with Gasteiger partial charge in [-0.15, -0.1) is 0 Å². The summed E-state index contributed by atoms with van der Waals surface area (Å²) in [4.78, 5) is 22.1.